The summed E-state index contributed by atoms with van der Waals surface area (Å²) in [6.45, 7) is 0. The van der Waals surface area contributed by atoms with Crippen LogP contribution in [0.2, 0.25) is 5.02 Å². The number of nitro benzene ring substituents is 1. The van der Waals surface area contributed by atoms with E-state index in [-0.39, 0.29) is 22.0 Å². The highest BCUT2D eigenvalue weighted by Gasteiger charge is 2.24. The molecular weight excluding hydrogens is 236 g/mol. The van der Waals surface area contributed by atoms with Gasteiger partial charge in [-0.3, -0.25) is 10.1 Å². The van der Waals surface area contributed by atoms with Gasteiger partial charge in [0.1, 0.15) is 11.3 Å². The van der Waals surface area contributed by atoms with Crippen molar-refractivity contribution >= 4 is 28.9 Å². The maximum Gasteiger partial charge on any atom is 0.341 e. The molecule has 7 heteroatoms. The van der Waals surface area contributed by atoms with Crippen LogP contribution in [0.3, 0.4) is 0 Å². The fourth-order valence-corrected chi connectivity index (χ4v) is 1.51. The third-order valence-corrected chi connectivity index (χ3v) is 2.28. The molecule has 1 N–H and O–H groups in total. The van der Waals surface area contributed by atoms with E-state index < -0.39 is 10.9 Å². The van der Waals surface area contributed by atoms with Gasteiger partial charge in [0.05, 0.1) is 17.1 Å². The summed E-state index contributed by atoms with van der Waals surface area (Å²) < 4.78 is 4.51. The molecule has 0 atom stereocenters. The predicted molar refractivity (Wildman–Crippen MR) is 59.0 cm³/mol. The normalized spacial score (nSPS) is 9.69. The number of rotatable bonds is 3. The largest absolute Gasteiger partial charge is 0.465 e. The first-order valence-electron chi connectivity index (χ1n) is 4.25. The van der Waals surface area contributed by atoms with Crippen molar-refractivity contribution < 1.29 is 14.5 Å². The number of ether oxygens (including phenoxy) is 1. The first kappa shape index (κ1) is 12.3. The van der Waals surface area contributed by atoms with Crippen molar-refractivity contribution in [2.24, 2.45) is 0 Å². The number of carbonyl (C=O) groups excluding carboxylic acids is 1. The third-order valence-electron chi connectivity index (χ3n) is 1.97. The highest BCUT2D eigenvalue weighted by atomic mass is 35.5. The summed E-state index contributed by atoms with van der Waals surface area (Å²) in [4.78, 5) is 21.5. The van der Waals surface area contributed by atoms with Gasteiger partial charge >= 0.3 is 5.97 Å². The van der Waals surface area contributed by atoms with E-state index in [0.717, 1.165) is 0 Å². The van der Waals surface area contributed by atoms with Crippen molar-refractivity contribution in [2.75, 3.05) is 19.5 Å². The van der Waals surface area contributed by atoms with E-state index in [4.69, 9.17) is 11.6 Å². The lowest BCUT2D eigenvalue weighted by atomic mass is 10.1. The Bertz CT molecular complexity index is 447. The fourth-order valence-electron chi connectivity index (χ4n) is 1.27. The second-order valence-electron chi connectivity index (χ2n) is 2.82. The highest BCUT2D eigenvalue weighted by Crippen LogP contribution is 2.33. The molecule has 6 nitrogen and oxygen atoms in total. The van der Waals surface area contributed by atoms with Gasteiger partial charge in [0.15, 0.2) is 0 Å². The van der Waals surface area contributed by atoms with Gasteiger partial charge < -0.3 is 10.1 Å². The summed E-state index contributed by atoms with van der Waals surface area (Å²) in [6.07, 6.45) is 0. The van der Waals surface area contributed by atoms with Crippen LogP contribution in [0.5, 0.6) is 0 Å². The Labute approximate surface area is 96.3 Å². The molecule has 0 fully saturated rings. The molecule has 0 heterocycles. The van der Waals surface area contributed by atoms with Gasteiger partial charge in [-0.05, 0) is 6.07 Å². The number of esters is 1. The molecule has 1 rings (SSSR count). The Morgan fingerprint density at radius 1 is 1.56 bits per heavy atom. The van der Waals surface area contributed by atoms with E-state index in [1.165, 1.54) is 26.3 Å². The Hall–Kier alpha value is -1.82. The first-order valence-corrected chi connectivity index (χ1v) is 4.63. The predicted octanol–water partition coefficient (Wildman–Crippen LogP) is 2.08. The van der Waals surface area contributed by atoms with Crippen LogP contribution in [-0.4, -0.2) is 25.1 Å². The molecule has 0 bridgehead atoms. The molecule has 0 aliphatic rings. The number of carbonyl (C=O) groups is 1. The van der Waals surface area contributed by atoms with Crippen LogP contribution in [-0.2, 0) is 4.74 Å². The van der Waals surface area contributed by atoms with Crippen molar-refractivity contribution in [2.45, 2.75) is 0 Å². The van der Waals surface area contributed by atoms with E-state index in [1.54, 1.807) is 0 Å². The number of methoxy groups -OCH3 is 1. The van der Waals surface area contributed by atoms with E-state index in [1.807, 2.05) is 0 Å². The molecule has 1 aromatic rings. The Balaban J connectivity index is 3.50. The van der Waals surface area contributed by atoms with Crippen molar-refractivity contribution in [3.05, 3.63) is 32.8 Å². The molecule has 0 saturated carbocycles. The summed E-state index contributed by atoms with van der Waals surface area (Å²) in [5.41, 5.74) is -0.225. The SMILES string of the molecule is CNc1c([N+](=O)[O-])ccc(Cl)c1C(=O)OC. The second kappa shape index (κ2) is 4.80. The lowest BCUT2D eigenvalue weighted by Crippen LogP contribution is -2.08. The molecule has 16 heavy (non-hydrogen) atoms. The maximum absolute atomic E-state index is 11.4. The number of nitrogens with one attached hydrogen (secondary N) is 1. The topological polar surface area (TPSA) is 81.5 Å². The minimum Gasteiger partial charge on any atom is -0.465 e. The molecule has 1 aromatic carbocycles. The number of halogens is 1. The van der Waals surface area contributed by atoms with Crippen LogP contribution in [0, 0.1) is 10.1 Å². The molecule has 0 unspecified atom stereocenters. The molecule has 0 spiro atoms. The average Bonchev–Trinajstić information content (AvgIpc) is 2.26. The molecule has 0 amide bonds. The number of hydrogen-bond donors (Lipinski definition) is 1. The average molecular weight is 245 g/mol. The summed E-state index contributed by atoms with van der Waals surface area (Å²) in [7, 11) is 2.64. The van der Waals surface area contributed by atoms with Gasteiger partial charge in [-0.1, -0.05) is 11.6 Å². The maximum atomic E-state index is 11.4. The van der Waals surface area contributed by atoms with E-state index in [9.17, 15) is 14.9 Å². The number of anilines is 1. The monoisotopic (exact) mass is 244 g/mol. The Morgan fingerprint density at radius 2 is 2.19 bits per heavy atom. The molecule has 0 aliphatic heterocycles. The number of hydrogen-bond acceptors (Lipinski definition) is 5. The summed E-state index contributed by atoms with van der Waals surface area (Å²) >= 11 is 5.80. The third kappa shape index (κ3) is 2.06. The zero-order valence-electron chi connectivity index (χ0n) is 8.61. The molecule has 0 aliphatic carbocycles. The van der Waals surface area contributed by atoms with Crippen LogP contribution >= 0.6 is 11.6 Å². The first-order chi connectivity index (χ1) is 7.52. The van der Waals surface area contributed by atoms with Crippen molar-refractivity contribution in [1.29, 1.82) is 0 Å². The van der Waals surface area contributed by atoms with Crippen LogP contribution in [0.4, 0.5) is 11.4 Å². The summed E-state index contributed by atoms with van der Waals surface area (Å²) in [6, 6.07) is 2.51. The summed E-state index contributed by atoms with van der Waals surface area (Å²) in [5, 5.41) is 13.4. The molecule has 0 radical (unpaired) electrons. The quantitative estimate of drug-likeness (QED) is 0.500. The number of benzene rings is 1. The lowest BCUT2D eigenvalue weighted by molar-refractivity contribution is -0.384. The highest BCUT2D eigenvalue weighted by molar-refractivity contribution is 6.34. The van der Waals surface area contributed by atoms with Crippen molar-refractivity contribution in [3.8, 4) is 0 Å². The van der Waals surface area contributed by atoms with Gasteiger partial charge in [0, 0.05) is 13.1 Å². The van der Waals surface area contributed by atoms with Crippen LogP contribution < -0.4 is 5.32 Å². The fraction of sp³-hybridized carbons (Fsp3) is 0.222. The van der Waals surface area contributed by atoms with Crippen LogP contribution in [0.15, 0.2) is 12.1 Å². The molecule has 0 aromatic heterocycles. The van der Waals surface area contributed by atoms with Gasteiger partial charge in [0.2, 0.25) is 0 Å². The molecule has 0 saturated heterocycles. The van der Waals surface area contributed by atoms with Crippen LogP contribution in [0.1, 0.15) is 10.4 Å². The van der Waals surface area contributed by atoms with Gasteiger partial charge in [-0.15, -0.1) is 0 Å². The zero-order valence-corrected chi connectivity index (χ0v) is 9.37. The minimum absolute atomic E-state index is 0.0409. The standard InChI is InChI=1S/C9H9ClN2O4/c1-11-8-6(12(14)15)4-3-5(10)7(8)9(13)16-2/h3-4,11H,1-2H3. The smallest absolute Gasteiger partial charge is 0.341 e. The van der Waals surface area contributed by atoms with E-state index in [0.29, 0.717) is 0 Å². The number of nitro groups is 1. The van der Waals surface area contributed by atoms with Crippen molar-refractivity contribution in [1.82, 2.24) is 0 Å². The Morgan fingerprint density at radius 3 is 2.62 bits per heavy atom. The molecule has 86 valence electrons. The van der Waals surface area contributed by atoms with Gasteiger partial charge in [0.25, 0.3) is 5.69 Å². The van der Waals surface area contributed by atoms with Crippen molar-refractivity contribution in [3.63, 3.8) is 0 Å². The van der Waals surface area contributed by atoms with Crippen LogP contribution in [0.25, 0.3) is 0 Å². The van der Waals surface area contributed by atoms with Gasteiger partial charge in [-0.25, -0.2) is 4.79 Å². The summed E-state index contributed by atoms with van der Waals surface area (Å²) in [5.74, 6) is -0.724. The van der Waals surface area contributed by atoms with Gasteiger partial charge in [-0.2, -0.15) is 0 Å². The minimum atomic E-state index is -0.724. The van der Waals surface area contributed by atoms with E-state index >= 15 is 0 Å². The Kier molecular flexibility index (Phi) is 3.68. The van der Waals surface area contributed by atoms with E-state index in [2.05, 4.69) is 10.1 Å². The number of nitrogens with zero attached hydrogens (tertiary/aromatic N) is 1. The molecular formula is C9H9ClN2O4. The second-order valence-corrected chi connectivity index (χ2v) is 3.22. The lowest BCUT2D eigenvalue weighted by Gasteiger charge is -2.09. The zero-order chi connectivity index (χ0) is 12.3.